The molecule has 2 heterocycles. The van der Waals surface area contributed by atoms with E-state index in [1.54, 1.807) is 6.07 Å². The number of oxazole rings is 1. The van der Waals surface area contributed by atoms with E-state index in [9.17, 15) is 9.59 Å². The summed E-state index contributed by atoms with van der Waals surface area (Å²) in [5, 5.41) is 5.18. The highest BCUT2D eigenvalue weighted by molar-refractivity contribution is 6.04. The molecule has 0 aliphatic heterocycles. The Morgan fingerprint density at radius 1 is 1.04 bits per heavy atom. The fourth-order valence-corrected chi connectivity index (χ4v) is 2.06. The summed E-state index contributed by atoms with van der Waals surface area (Å²) in [7, 11) is 0. The molecule has 0 atom stereocenters. The fraction of sp³-hybridized carbons (Fsp3) is 0.118. The molecule has 1 aromatic carbocycles. The number of carbonyl (C=O) groups excluding carboxylic acids is 2. The lowest BCUT2D eigenvalue weighted by Gasteiger charge is -2.07. The Hall–Kier alpha value is -3.35. The van der Waals surface area contributed by atoms with Crippen molar-refractivity contribution in [3.8, 4) is 0 Å². The molecule has 0 saturated heterocycles. The molecule has 3 aromatic rings. The van der Waals surface area contributed by atoms with Gasteiger partial charge in [0.1, 0.15) is 6.26 Å². The summed E-state index contributed by atoms with van der Waals surface area (Å²) in [6, 6.07) is 8.77. The first-order valence-corrected chi connectivity index (χ1v) is 7.22. The topological polar surface area (TPSA) is 97.4 Å². The van der Waals surface area contributed by atoms with Gasteiger partial charge in [0.25, 0.3) is 11.8 Å². The van der Waals surface area contributed by atoms with Gasteiger partial charge < -0.3 is 14.2 Å². The second kappa shape index (κ2) is 6.41. The molecule has 122 valence electrons. The molecule has 0 unspecified atom stereocenters. The van der Waals surface area contributed by atoms with E-state index in [1.807, 2.05) is 32.0 Å². The summed E-state index contributed by atoms with van der Waals surface area (Å²) in [6.45, 7) is 3.83. The lowest BCUT2D eigenvalue weighted by Crippen LogP contribution is -2.14. The third-order valence-electron chi connectivity index (χ3n) is 3.34. The van der Waals surface area contributed by atoms with Gasteiger partial charge in [-0.3, -0.25) is 14.9 Å². The van der Waals surface area contributed by atoms with Crippen LogP contribution >= 0.6 is 0 Å². The monoisotopic (exact) mass is 325 g/mol. The van der Waals surface area contributed by atoms with E-state index in [0.717, 1.165) is 11.1 Å². The van der Waals surface area contributed by atoms with Crippen LogP contribution in [0, 0.1) is 13.8 Å². The molecule has 0 radical (unpaired) electrons. The van der Waals surface area contributed by atoms with Crippen molar-refractivity contribution in [2.75, 3.05) is 10.6 Å². The van der Waals surface area contributed by atoms with Crippen LogP contribution in [0.2, 0.25) is 0 Å². The number of hydrogen-bond donors (Lipinski definition) is 2. The van der Waals surface area contributed by atoms with Gasteiger partial charge in [-0.2, -0.15) is 4.98 Å². The van der Waals surface area contributed by atoms with Gasteiger partial charge in [-0.05, 0) is 43.2 Å². The molecule has 0 saturated carbocycles. The highest BCUT2D eigenvalue weighted by Gasteiger charge is 2.16. The van der Waals surface area contributed by atoms with Crippen LogP contribution in [0.25, 0.3) is 0 Å². The second-order valence-electron chi connectivity index (χ2n) is 5.24. The molecule has 24 heavy (non-hydrogen) atoms. The van der Waals surface area contributed by atoms with Crippen molar-refractivity contribution in [3.05, 3.63) is 65.4 Å². The molecule has 2 amide bonds. The minimum absolute atomic E-state index is 0.0608. The number of nitrogens with one attached hydrogen (secondary N) is 2. The van der Waals surface area contributed by atoms with Gasteiger partial charge in [0.2, 0.25) is 0 Å². The van der Waals surface area contributed by atoms with Gasteiger partial charge >= 0.3 is 6.01 Å². The molecule has 7 nitrogen and oxygen atoms in total. The second-order valence-corrected chi connectivity index (χ2v) is 5.24. The third-order valence-corrected chi connectivity index (χ3v) is 3.34. The Morgan fingerprint density at radius 2 is 1.88 bits per heavy atom. The number of aromatic nitrogens is 1. The lowest BCUT2D eigenvalue weighted by atomic mass is 10.1. The summed E-state index contributed by atoms with van der Waals surface area (Å²) in [6.07, 6.45) is 2.56. The molecule has 2 N–H and O–H groups in total. The standard InChI is InChI=1S/C17H15N3O4/c1-10-5-6-11(2)12(8-10)18-15(21)13-9-24-17(19-13)20-16(22)14-4-3-7-23-14/h3-9H,1-2H3,(H,18,21)(H,19,20,22). The molecule has 0 fully saturated rings. The molecule has 2 aromatic heterocycles. The SMILES string of the molecule is Cc1ccc(C)c(NC(=O)c2coc(NC(=O)c3ccco3)n2)c1. The Labute approximate surface area is 137 Å². The van der Waals surface area contributed by atoms with E-state index < -0.39 is 11.8 Å². The molecule has 3 rings (SSSR count). The lowest BCUT2D eigenvalue weighted by molar-refractivity contribution is 0.0990. The van der Waals surface area contributed by atoms with E-state index in [4.69, 9.17) is 8.83 Å². The summed E-state index contributed by atoms with van der Waals surface area (Å²) in [4.78, 5) is 28.0. The molecule has 0 spiro atoms. The van der Waals surface area contributed by atoms with Crippen molar-refractivity contribution < 1.29 is 18.4 Å². The highest BCUT2D eigenvalue weighted by atomic mass is 16.4. The molecular weight excluding hydrogens is 310 g/mol. The maximum Gasteiger partial charge on any atom is 0.302 e. The molecule has 0 aliphatic rings. The van der Waals surface area contributed by atoms with Crippen LogP contribution in [0.4, 0.5) is 11.7 Å². The largest absolute Gasteiger partial charge is 0.459 e. The number of nitrogens with zero attached hydrogens (tertiary/aromatic N) is 1. The van der Waals surface area contributed by atoms with E-state index >= 15 is 0 Å². The number of rotatable bonds is 4. The Kier molecular flexibility index (Phi) is 4.15. The zero-order valence-electron chi connectivity index (χ0n) is 13.1. The minimum atomic E-state index is -0.511. The van der Waals surface area contributed by atoms with E-state index in [1.165, 1.54) is 18.6 Å². The average Bonchev–Trinajstić information content (AvgIpc) is 3.22. The van der Waals surface area contributed by atoms with Gasteiger partial charge in [0.05, 0.1) is 6.26 Å². The van der Waals surface area contributed by atoms with Gasteiger partial charge in [0.15, 0.2) is 11.5 Å². The van der Waals surface area contributed by atoms with Crippen LogP contribution in [0.15, 0.2) is 51.7 Å². The zero-order valence-corrected chi connectivity index (χ0v) is 13.1. The Balaban J connectivity index is 1.69. The predicted octanol–water partition coefficient (Wildman–Crippen LogP) is 3.39. The van der Waals surface area contributed by atoms with Crippen LogP contribution in [0.1, 0.15) is 32.2 Å². The molecule has 0 bridgehead atoms. The van der Waals surface area contributed by atoms with Crippen molar-refractivity contribution in [2.24, 2.45) is 0 Å². The van der Waals surface area contributed by atoms with E-state index in [0.29, 0.717) is 5.69 Å². The number of furan rings is 1. The number of carbonyl (C=O) groups is 2. The first kappa shape index (κ1) is 15.5. The van der Waals surface area contributed by atoms with Crippen molar-refractivity contribution in [2.45, 2.75) is 13.8 Å². The van der Waals surface area contributed by atoms with Crippen LogP contribution in [0.5, 0.6) is 0 Å². The van der Waals surface area contributed by atoms with Gasteiger partial charge in [-0.15, -0.1) is 0 Å². The maximum atomic E-state index is 12.2. The van der Waals surface area contributed by atoms with Crippen LogP contribution in [-0.4, -0.2) is 16.8 Å². The van der Waals surface area contributed by atoms with Crippen LogP contribution < -0.4 is 10.6 Å². The maximum absolute atomic E-state index is 12.2. The van der Waals surface area contributed by atoms with Crippen molar-refractivity contribution in [1.82, 2.24) is 4.98 Å². The quantitative estimate of drug-likeness (QED) is 0.766. The predicted molar refractivity (Wildman–Crippen MR) is 87.0 cm³/mol. The summed E-state index contributed by atoms with van der Waals surface area (Å²) >= 11 is 0. The minimum Gasteiger partial charge on any atom is -0.459 e. The summed E-state index contributed by atoms with van der Waals surface area (Å²) < 4.78 is 10.1. The first-order valence-electron chi connectivity index (χ1n) is 7.22. The fourth-order valence-electron chi connectivity index (χ4n) is 2.06. The van der Waals surface area contributed by atoms with E-state index in [-0.39, 0.29) is 17.5 Å². The zero-order chi connectivity index (χ0) is 17.1. The molecule has 0 aliphatic carbocycles. The smallest absolute Gasteiger partial charge is 0.302 e. The van der Waals surface area contributed by atoms with Gasteiger partial charge in [-0.25, -0.2) is 0 Å². The van der Waals surface area contributed by atoms with E-state index in [2.05, 4.69) is 15.6 Å². The number of amides is 2. The number of benzene rings is 1. The van der Waals surface area contributed by atoms with Crippen molar-refractivity contribution in [3.63, 3.8) is 0 Å². The van der Waals surface area contributed by atoms with Crippen molar-refractivity contribution in [1.29, 1.82) is 0 Å². The average molecular weight is 325 g/mol. The normalized spacial score (nSPS) is 10.4. The number of aryl methyl sites for hydroxylation is 2. The van der Waals surface area contributed by atoms with Gasteiger partial charge in [0, 0.05) is 5.69 Å². The Bertz CT molecular complexity index is 881. The number of anilines is 2. The van der Waals surface area contributed by atoms with Crippen LogP contribution in [0.3, 0.4) is 0 Å². The number of hydrogen-bond acceptors (Lipinski definition) is 5. The molecular formula is C17H15N3O4. The third kappa shape index (κ3) is 3.35. The van der Waals surface area contributed by atoms with Crippen molar-refractivity contribution >= 4 is 23.5 Å². The first-order chi connectivity index (χ1) is 11.5. The highest BCUT2D eigenvalue weighted by Crippen LogP contribution is 2.18. The Morgan fingerprint density at radius 3 is 2.62 bits per heavy atom. The summed E-state index contributed by atoms with van der Waals surface area (Å²) in [5.74, 6) is -0.816. The van der Waals surface area contributed by atoms with Crippen LogP contribution in [-0.2, 0) is 0 Å². The molecule has 7 heteroatoms. The van der Waals surface area contributed by atoms with Gasteiger partial charge in [-0.1, -0.05) is 12.1 Å². The summed E-state index contributed by atoms with van der Waals surface area (Å²) in [5.41, 5.74) is 2.72.